The molecule has 0 atom stereocenters. The van der Waals surface area contributed by atoms with Crippen molar-refractivity contribution in [1.82, 2.24) is 4.98 Å². The van der Waals surface area contributed by atoms with Crippen LogP contribution in [0, 0.1) is 0 Å². The largest absolute Gasteiger partial charge is 0.478 e. The molecule has 5 heteroatoms. The maximum absolute atomic E-state index is 11.0. The van der Waals surface area contributed by atoms with Crippen molar-refractivity contribution in [2.75, 3.05) is 0 Å². The van der Waals surface area contributed by atoms with Crippen LogP contribution in [0.2, 0.25) is 5.15 Å². The quantitative estimate of drug-likeness (QED) is 0.818. The Bertz CT molecular complexity index is 556. The first kappa shape index (κ1) is 10.4. The van der Waals surface area contributed by atoms with E-state index in [9.17, 15) is 4.79 Å². The molecule has 3 nitrogen and oxygen atoms in total. The summed E-state index contributed by atoms with van der Waals surface area (Å²) in [5.74, 6) is -1.01. The smallest absolute Gasteiger partial charge is 0.336 e. The third kappa shape index (κ3) is 1.82. The number of carboxylic acid groups (broad SMARTS) is 1. The predicted octanol–water partition coefficient (Wildman–Crippen LogP) is 3.35. The number of rotatable bonds is 1. The lowest BCUT2D eigenvalue weighted by Crippen LogP contribution is -1.99. The molecule has 76 valence electrons. The van der Waals surface area contributed by atoms with Crippen LogP contribution in [0.25, 0.3) is 10.9 Å². The van der Waals surface area contributed by atoms with E-state index in [4.69, 9.17) is 16.7 Å². The van der Waals surface area contributed by atoms with Gasteiger partial charge in [-0.1, -0.05) is 23.7 Å². The molecule has 0 saturated carbocycles. The van der Waals surface area contributed by atoms with E-state index in [-0.39, 0.29) is 10.7 Å². The number of nitrogens with zero attached hydrogens (tertiary/aromatic N) is 1. The fraction of sp³-hybridized carbons (Fsp3) is 0. The fourth-order valence-corrected chi connectivity index (χ4v) is 2.01. The second-order valence-corrected chi connectivity index (χ2v) is 4.18. The average molecular weight is 287 g/mol. The Morgan fingerprint density at radius 3 is 2.87 bits per heavy atom. The summed E-state index contributed by atoms with van der Waals surface area (Å²) in [6, 6.07) is 6.59. The molecule has 0 radical (unpaired) electrons. The molecular weight excluding hydrogens is 281 g/mol. The maximum atomic E-state index is 11.0. The molecule has 1 heterocycles. The molecular formula is C10H5BrClNO2. The van der Waals surface area contributed by atoms with Crippen LogP contribution in [0.3, 0.4) is 0 Å². The monoisotopic (exact) mass is 285 g/mol. The predicted molar refractivity (Wildman–Crippen MR) is 61.4 cm³/mol. The summed E-state index contributed by atoms with van der Waals surface area (Å²) in [4.78, 5) is 15.1. The zero-order valence-corrected chi connectivity index (χ0v) is 9.71. The lowest BCUT2D eigenvalue weighted by molar-refractivity contribution is 0.0699. The first-order valence-corrected chi connectivity index (χ1v) is 5.25. The molecule has 0 amide bonds. The van der Waals surface area contributed by atoms with Crippen LogP contribution >= 0.6 is 27.5 Å². The van der Waals surface area contributed by atoms with Crippen LogP contribution < -0.4 is 0 Å². The Labute approximate surface area is 98.8 Å². The molecule has 0 spiro atoms. The SMILES string of the molecule is O=C(O)c1cc(Cl)nc2c(Br)cccc12. The maximum Gasteiger partial charge on any atom is 0.336 e. The highest BCUT2D eigenvalue weighted by molar-refractivity contribution is 9.10. The average Bonchev–Trinajstić information content (AvgIpc) is 2.18. The third-order valence-corrected chi connectivity index (χ3v) is 2.82. The van der Waals surface area contributed by atoms with Crippen LogP contribution in [0.5, 0.6) is 0 Å². The summed E-state index contributed by atoms with van der Waals surface area (Å²) in [6.45, 7) is 0. The van der Waals surface area contributed by atoms with Crippen molar-refractivity contribution in [2.24, 2.45) is 0 Å². The van der Waals surface area contributed by atoms with E-state index in [1.54, 1.807) is 18.2 Å². The zero-order chi connectivity index (χ0) is 11.0. The van der Waals surface area contributed by atoms with E-state index in [0.29, 0.717) is 10.9 Å². The Kier molecular flexibility index (Phi) is 2.63. The fourth-order valence-electron chi connectivity index (χ4n) is 1.36. The summed E-state index contributed by atoms with van der Waals surface area (Å²) in [6.07, 6.45) is 0. The van der Waals surface area contributed by atoms with Crippen molar-refractivity contribution in [3.63, 3.8) is 0 Å². The third-order valence-electron chi connectivity index (χ3n) is 1.99. The second kappa shape index (κ2) is 3.79. The second-order valence-electron chi connectivity index (χ2n) is 2.93. The van der Waals surface area contributed by atoms with Gasteiger partial charge in [0.05, 0.1) is 11.1 Å². The molecule has 0 aliphatic carbocycles. The Morgan fingerprint density at radius 1 is 1.47 bits per heavy atom. The minimum absolute atomic E-state index is 0.159. The summed E-state index contributed by atoms with van der Waals surface area (Å²) in [5.41, 5.74) is 0.716. The molecule has 0 saturated heterocycles. The molecule has 0 aliphatic rings. The lowest BCUT2D eigenvalue weighted by Gasteiger charge is -2.04. The van der Waals surface area contributed by atoms with E-state index in [2.05, 4.69) is 20.9 Å². The molecule has 1 aromatic heterocycles. The van der Waals surface area contributed by atoms with Gasteiger partial charge in [-0.25, -0.2) is 9.78 Å². The van der Waals surface area contributed by atoms with Gasteiger partial charge in [0.1, 0.15) is 5.15 Å². The van der Waals surface area contributed by atoms with Gasteiger partial charge in [-0.3, -0.25) is 0 Å². The van der Waals surface area contributed by atoms with Gasteiger partial charge < -0.3 is 5.11 Å². The summed E-state index contributed by atoms with van der Waals surface area (Å²) < 4.78 is 0.727. The molecule has 1 N–H and O–H groups in total. The first-order chi connectivity index (χ1) is 7.09. The van der Waals surface area contributed by atoms with Crippen molar-refractivity contribution in [1.29, 1.82) is 0 Å². The summed E-state index contributed by atoms with van der Waals surface area (Å²) in [7, 11) is 0. The minimum Gasteiger partial charge on any atom is -0.478 e. The van der Waals surface area contributed by atoms with Gasteiger partial charge >= 0.3 is 5.97 Å². The number of pyridine rings is 1. The molecule has 2 aromatic rings. The van der Waals surface area contributed by atoms with Crippen LogP contribution in [0.1, 0.15) is 10.4 Å². The van der Waals surface area contributed by atoms with E-state index in [1.807, 2.05) is 0 Å². The van der Waals surface area contributed by atoms with Crippen LogP contribution in [-0.2, 0) is 0 Å². The minimum atomic E-state index is -1.01. The van der Waals surface area contributed by atoms with E-state index >= 15 is 0 Å². The van der Waals surface area contributed by atoms with Gasteiger partial charge in [0.25, 0.3) is 0 Å². The number of fused-ring (bicyclic) bond motifs is 1. The highest BCUT2D eigenvalue weighted by Crippen LogP contribution is 2.26. The molecule has 0 aliphatic heterocycles. The summed E-state index contributed by atoms with van der Waals surface area (Å²) in [5, 5.41) is 9.74. The summed E-state index contributed by atoms with van der Waals surface area (Å²) >= 11 is 9.04. The van der Waals surface area contributed by atoms with Gasteiger partial charge in [-0.2, -0.15) is 0 Å². The topological polar surface area (TPSA) is 50.2 Å². The van der Waals surface area contributed by atoms with Crippen molar-refractivity contribution >= 4 is 44.4 Å². The van der Waals surface area contributed by atoms with Gasteiger partial charge in [0.2, 0.25) is 0 Å². The number of carboxylic acids is 1. The van der Waals surface area contributed by atoms with E-state index < -0.39 is 5.97 Å². The highest BCUT2D eigenvalue weighted by Gasteiger charge is 2.12. The van der Waals surface area contributed by atoms with Gasteiger partial charge in [-0.15, -0.1) is 0 Å². The van der Waals surface area contributed by atoms with Crippen molar-refractivity contribution in [3.05, 3.63) is 39.5 Å². The molecule has 1 aromatic carbocycles. The van der Waals surface area contributed by atoms with Crippen LogP contribution in [0.15, 0.2) is 28.7 Å². The van der Waals surface area contributed by atoms with Gasteiger partial charge in [-0.05, 0) is 28.1 Å². The Balaban J connectivity index is 2.92. The van der Waals surface area contributed by atoms with Crippen molar-refractivity contribution < 1.29 is 9.90 Å². The number of hydrogen-bond donors (Lipinski definition) is 1. The molecule has 15 heavy (non-hydrogen) atoms. The highest BCUT2D eigenvalue weighted by atomic mass is 79.9. The lowest BCUT2D eigenvalue weighted by atomic mass is 10.1. The normalized spacial score (nSPS) is 10.5. The van der Waals surface area contributed by atoms with Gasteiger partial charge in [0.15, 0.2) is 0 Å². The standard InChI is InChI=1S/C10H5BrClNO2/c11-7-3-1-2-5-6(10(14)15)4-8(12)13-9(5)7/h1-4H,(H,14,15). The molecule has 2 rings (SSSR count). The van der Waals surface area contributed by atoms with Gasteiger partial charge in [0, 0.05) is 9.86 Å². The molecule has 0 bridgehead atoms. The number of hydrogen-bond acceptors (Lipinski definition) is 2. The van der Waals surface area contributed by atoms with E-state index in [0.717, 1.165) is 4.47 Å². The van der Waals surface area contributed by atoms with E-state index in [1.165, 1.54) is 6.07 Å². The van der Waals surface area contributed by atoms with Crippen LogP contribution in [0.4, 0.5) is 0 Å². The number of benzene rings is 1. The van der Waals surface area contributed by atoms with Crippen molar-refractivity contribution in [2.45, 2.75) is 0 Å². The van der Waals surface area contributed by atoms with Crippen LogP contribution in [-0.4, -0.2) is 16.1 Å². The van der Waals surface area contributed by atoms with Crippen molar-refractivity contribution in [3.8, 4) is 0 Å². The zero-order valence-electron chi connectivity index (χ0n) is 7.37. The Hall–Kier alpha value is -1.13. The molecule has 0 fully saturated rings. The number of aromatic nitrogens is 1. The number of para-hydroxylation sites is 1. The molecule has 0 unspecified atom stereocenters. The Morgan fingerprint density at radius 2 is 2.20 bits per heavy atom. The number of carbonyl (C=O) groups is 1. The first-order valence-electron chi connectivity index (χ1n) is 4.07. The number of aromatic carboxylic acids is 1. The number of halogens is 2.